The number of furan rings is 1. The molecule has 0 aliphatic carbocycles. The van der Waals surface area contributed by atoms with Gasteiger partial charge in [0.1, 0.15) is 11.3 Å². The van der Waals surface area contributed by atoms with Crippen LogP contribution in [-0.2, 0) is 0 Å². The molecule has 0 amide bonds. The third-order valence-corrected chi connectivity index (χ3v) is 4.10. The van der Waals surface area contributed by atoms with E-state index in [0.29, 0.717) is 12.5 Å². The molecule has 2 unspecified atom stereocenters. The van der Waals surface area contributed by atoms with Crippen molar-refractivity contribution in [2.45, 2.75) is 19.1 Å². The maximum absolute atomic E-state index is 10.2. The normalized spacial score (nSPS) is 13.7. The van der Waals surface area contributed by atoms with Crippen molar-refractivity contribution in [3.05, 3.63) is 72.0 Å². The van der Waals surface area contributed by atoms with E-state index < -0.39 is 6.10 Å². The van der Waals surface area contributed by atoms with Gasteiger partial charge >= 0.3 is 0 Å². The monoisotopic (exact) mass is 465 g/mol. The lowest BCUT2D eigenvalue weighted by Crippen LogP contribution is -2.40. The topological polar surface area (TPSA) is 69.8 Å². The predicted octanol–water partition coefficient (Wildman–Crippen LogP) is 4.01. The summed E-state index contributed by atoms with van der Waals surface area (Å²) in [5.41, 5.74) is 1.74. The number of halogens is 1. The van der Waals surface area contributed by atoms with Crippen molar-refractivity contribution in [1.29, 1.82) is 0 Å². The van der Waals surface area contributed by atoms with Gasteiger partial charge in [-0.3, -0.25) is 4.99 Å². The number of rotatable bonds is 5. The number of fused-ring (bicyclic) bond motifs is 1. The van der Waals surface area contributed by atoms with Crippen LogP contribution in [0.3, 0.4) is 0 Å². The van der Waals surface area contributed by atoms with Crippen LogP contribution in [0.15, 0.2) is 70.1 Å². The summed E-state index contributed by atoms with van der Waals surface area (Å²) >= 11 is 0. The molecule has 0 saturated carbocycles. The number of para-hydroxylation sites is 1. The molecular formula is C20H24IN3O2. The maximum atomic E-state index is 10.2. The molecule has 6 heteroatoms. The molecule has 2 atom stereocenters. The summed E-state index contributed by atoms with van der Waals surface area (Å²) in [5.74, 6) is 1.45. The summed E-state index contributed by atoms with van der Waals surface area (Å²) in [6.07, 6.45) is -0.596. The molecule has 3 rings (SSSR count). The number of hydrogen-bond acceptors (Lipinski definition) is 3. The van der Waals surface area contributed by atoms with Gasteiger partial charge in [-0.25, -0.2) is 0 Å². The average Bonchev–Trinajstić information content (AvgIpc) is 3.09. The Hall–Kier alpha value is -2.06. The molecule has 0 aliphatic heterocycles. The highest BCUT2D eigenvalue weighted by atomic mass is 127. The summed E-state index contributed by atoms with van der Waals surface area (Å²) in [6.45, 7) is 2.38. The van der Waals surface area contributed by atoms with Gasteiger partial charge in [-0.15, -0.1) is 24.0 Å². The zero-order valence-electron chi connectivity index (χ0n) is 14.8. The molecule has 138 valence electrons. The summed E-state index contributed by atoms with van der Waals surface area (Å²) in [5, 5.41) is 17.8. The molecule has 26 heavy (non-hydrogen) atoms. The molecule has 3 N–H and O–H groups in total. The van der Waals surface area contributed by atoms with Gasteiger partial charge in [0.2, 0.25) is 0 Å². The standard InChI is InChI=1S/C20H23N3O2.HI/c1-14(19-12-16-10-6-7-11-18(16)25-19)23-20(21-2)22-13-17(24)15-8-4-3-5-9-15;/h3-12,14,17,24H,13H2,1-2H3,(H2,21,22,23);1H. The lowest BCUT2D eigenvalue weighted by molar-refractivity contribution is 0.180. The first-order valence-electron chi connectivity index (χ1n) is 8.36. The summed E-state index contributed by atoms with van der Waals surface area (Å²) in [6, 6.07) is 19.5. The van der Waals surface area contributed by atoms with E-state index >= 15 is 0 Å². The minimum absolute atomic E-state index is 0. The van der Waals surface area contributed by atoms with Crippen LogP contribution in [0.2, 0.25) is 0 Å². The molecule has 0 bridgehead atoms. The third-order valence-electron chi connectivity index (χ3n) is 4.10. The predicted molar refractivity (Wildman–Crippen MR) is 116 cm³/mol. The van der Waals surface area contributed by atoms with Gasteiger partial charge in [0.05, 0.1) is 12.1 Å². The SMILES string of the molecule is CN=C(NCC(O)c1ccccc1)NC(C)c1cc2ccccc2o1.I. The first-order chi connectivity index (χ1) is 12.2. The van der Waals surface area contributed by atoms with Gasteiger partial charge in [0.25, 0.3) is 0 Å². The van der Waals surface area contributed by atoms with Gasteiger partial charge < -0.3 is 20.2 Å². The van der Waals surface area contributed by atoms with Crippen LogP contribution in [0.5, 0.6) is 0 Å². The average molecular weight is 465 g/mol. The Morgan fingerprint density at radius 3 is 2.50 bits per heavy atom. The van der Waals surface area contributed by atoms with Crippen molar-refractivity contribution in [2.24, 2.45) is 4.99 Å². The number of nitrogens with one attached hydrogen (secondary N) is 2. The highest BCUT2D eigenvalue weighted by Crippen LogP contribution is 2.23. The van der Waals surface area contributed by atoms with E-state index in [1.165, 1.54) is 0 Å². The van der Waals surface area contributed by atoms with Crippen molar-refractivity contribution in [2.75, 3.05) is 13.6 Å². The van der Waals surface area contributed by atoms with E-state index in [-0.39, 0.29) is 30.0 Å². The maximum Gasteiger partial charge on any atom is 0.191 e. The van der Waals surface area contributed by atoms with E-state index in [1.807, 2.05) is 67.6 Å². The molecule has 1 aromatic heterocycles. The van der Waals surface area contributed by atoms with E-state index in [4.69, 9.17) is 4.42 Å². The second kappa shape index (κ2) is 9.59. The molecule has 0 fully saturated rings. The first kappa shape index (κ1) is 20.3. The molecule has 3 aromatic rings. The van der Waals surface area contributed by atoms with Crippen LogP contribution in [0.4, 0.5) is 0 Å². The molecule has 0 aliphatic rings. The molecule has 0 saturated heterocycles. The number of aliphatic hydroxyl groups is 1. The van der Waals surface area contributed by atoms with E-state index in [0.717, 1.165) is 22.3 Å². The Balaban J connectivity index is 0.00000243. The smallest absolute Gasteiger partial charge is 0.191 e. The van der Waals surface area contributed by atoms with E-state index in [9.17, 15) is 5.11 Å². The largest absolute Gasteiger partial charge is 0.459 e. The molecule has 0 radical (unpaired) electrons. The fourth-order valence-corrected chi connectivity index (χ4v) is 2.67. The fourth-order valence-electron chi connectivity index (χ4n) is 2.67. The highest BCUT2D eigenvalue weighted by molar-refractivity contribution is 14.0. The molecule has 2 aromatic carbocycles. The summed E-state index contributed by atoms with van der Waals surface area (Å²) < 4.78 is 5.88. The Bertz CT molecular complexity index is 815. The minimum Gasteiger partial charge on any atom is -0.459 e. The number of guanidine groups is 1. The first-order valence-corrected chi connectivity index (χ1v) is 8.36. The van der Waals surface area contributed by atoms with Gasteiger partial charge in [0, 0.05) is 19.0 Å². The number of benzene rings is 2. The van der Waals surface area contributed by atoms with Gasteiger partial charge in [0.15, 0.2) is 5.96 Å². The van der Waals surface area contributed by atoms with Gasteiger partial charge in [-0.1, -0.05) is 48.5 Å². The van der Waals surface area contributed by atoms with Crippen molar-refractivity contribution in [1.82, 2.24) is 10.6 Å². The molecule has 5 nitrogen and oxygen atoms in total. The van der Waals surface area contributed by atoms with Crippen LogP contribution in [0.1, 0.15) is 30.4 Å². The van der Waals surface area contributed by atoms with Crippen LogP contribution in [0, 0.1) is 0 Å². The van der Waals surface area contributed by atoms with Gasteiger partial charge in [-0.2, -0.15) is 0 Å². The fraction of sp³-hybridized carbons (Fsp3) is 0.250. The zero-order valence-corrected chi connectivity index (χ0v) is 17.2. The molecular weight excluding hydrogens is 441 g/mol. The van der Waals surface area contributed by atoms with Crippen LogP contribution in [0.25, 0.3) is 11.0 Å². The Morgan fingerprint density at radius 2 is 1.81 bits per heavy atom. The number of hydrogen-bond donors (Lipinski definition) is 3. The molecule has 0 spiro atoms. The van der Waals surface area contributed by atoms with Crippen LogP contribution >= 0.6 is 24.0 Å². The minimum atomic E-state index is -0.596. The van der Waals surface area contributed by atoms with E-state index in [2.05, 4.69) is 15.6 Å². The van der Waals surface area contributed by atoms with Crippen molar-refractivity contribution >= 4 is 40.9 Å². The van der Waals surface area contributed by atoms with Crippen molar-refractivity contribution in [3.8, 4) is 0 Å². The lowest BCUT2D eigenvalue weighted by atomic mass is 10.1. The zero-order chi connectivity index (χ0) is 17.6. The molecule has 1 heterocycles. The summed E-state index contributed by atoms with van der Waals surface area (Å²) in [4.78, 5) is 4.21. The quantitative estimate of drug-likeness (QED) is 0.303. The van der Waals surface area contributed by atoms with Crippen molar-refractivity contribution < 1.29 is 9.52 Å². The lowest BCUT2D eigenvalue weighted by Gasteiger charge is -2.18. The summed E-state index contributed by atoms with van der Waals surface area (Å²) in [7, 11) is 1.70. The van der Waals surface area contributed by atoms with Crippen molar-refractivity contribution in [3.63, 3.8) is 0 Å². The Labute approximate surface area is 170 Å². The number of nitrogens with zero attached hydrogens (tertiary/aromatic N) is 1. The van der Waals surface area contributed by atoms with Crippen LogP contribution in [-0.4, -0.2) is 24.7 Å². The number of aliphatic imine (C=N–C) groups is 1. The van der Waals surface area contributed by atoms with Gasteiger partial charge in [-0.05, 0) is 24.6 Å². The number of aliphatic hydroxyl groups excluding tert-OH is 1. The Morgan fingerprint density at radius 1 is 1.12 bits per heavy atom. The second-order valence-electron chi connectivity index (χ2n) is 5.93. The highest BCUT2D eigenvalue weighted by Gasteiger charge is 2.14. The van der Waals surface area contributed by atoms with Crippen LogP contribution < -0.4 is 10.6 Å². The Kier molecular flexibility index (Phi) is 7.47. The van der Waals surface area contributed by atoms with E-state index in [1.54, 1.807) is 7.05 Å². The third kappa shape index (κ3) is 4.98. The second-order valence-corrected chi connectivity index (χ2v) is 5.93.